The number of ether oxygens (including phenoxy) is 1. The van der Waals surface area contributed by atoms with Crippen molar-refractivity contribution in [3.8, 4) is 0 Å². The minimum Gasteiger partial charge on any atom is -0.379 e. The van der Waals surface area contributed by atoms with Gasteiger partial charge in [0.1, 0.15) is 5.82 Å². The fraction of sp³-hybridized carbons (Fsp3) is 0.632. The summed E-state index contributed by atoms with van der Waals surface area (Å²) in [6, 6.07) is 6.33. The topological polar surface area (TPSA) is 44.8 Å². The van der Waals surface area contributed by atoms with Gasteiger partial charge in [-0.2, -0.15) is 0 Å². The van der Waals surface area contributed by atoms with Gasteiger partial charge in [0.25, 0.3) is 0 Å². The molecule has 1 saturated heterocycles. The molecule has 0 saturated carbocycles. The first-order valence-corrected chi connectivity index (χ1v) is 8.98. The zero-order valence-electron chi connectivity index (χ0n) is 15.7. The molecular weight excluding hydrogens is 321 g/mol. The van der Waals surface area contributed by atoms with E-state index in [2.05, 4.69) is 24.1 Å². The van der Waals surface area contributed by atoms with Gasteiger partial charge in [-0.1, -0.05) is 26.0 Å². The zero-order chi connectivity index (χ0) is 18.4. The molecule has 0 radical (unpaired) electrons. The maximum Gasteiger partial charge on any atom is 0.317 e. The molecule has 0 aromatic heterocycles. The molecule has 0 spiro atoms. The average molecular weight is 351 g/mol. The van der Waals surface area contributed by atoms with Gasteiger partial charge in [0.05, 0.1) is 19.3 Å². The molecule has 6 heteroatoms. The van der Waals surface area contributed by atoms with Crippen molar-refractivity contribution in [2.75, 3.05) is 39.9 Å². The smallest absolute Gasteiger partial charge is 0.317 e. The van der Waals surface area contributed by atoms with Crippen molar-refractivity contribution in [1.82, 2.24) is 15.1 Å². The van der Waals surface area contributed by atoms with Crippen LogP contribution in [-0.4, -0.2) is 61.8 Å². The van der Waals surface area contributed by atoms with Gasteiger partial charge in [-0.05, 0) is 30.5 Å². The summed E-state index contributed by atoms with van der Waals surface area (Å²) in [6.07, 6.45) is 0. The minimum absolute atomic E-state index is 0.115. The summed E-state index contributed by atoms with van der Waals surface area (Å²) < 4.78 is 18.5. The highest BCUT2D eigenvalue weighted by Gasteiger charge is 2.25. The SMILES string of the molecule is CC(C)C(CNC(=O)N(C)C(C)c1ccc(F)cc1)N1CCOCC1. The van der Waals surface area contributed by atoms with Gasteiger partial charge in [-0.25, -0.2) is 9.18 Å². The highest BCUT2D eigenvalue weighted by Crippen LogP contribution is 2.19. The van der Waals surface area contributed by atoms with Gasteiger partial charge in [0.15, 0.2) is 0 Å². The molecule has 2 amide bonds. The average Bonchev–Trinajstić information content (AvgIpc) is 2.61. The molecule has 1 aromatic rings. The van der Waals surface area contributed by atoms with Gasteiger partial charge in [-0.3, -0.25) is 4.90 Å². The Labute approximate surface area is 150 Å². The predicted octanol–water partition coefficient (Wildman–Crippen LogP) is 2.88. The van der Waals surface area contributed by atoms with Crippen molar-refractivity contribution in [2.24, 2.45) is 5.92 Å². The Balaban J connectivity index is 1.91. The van der Waals surface area contributed by atoms with Crippen LogP contribution in [0.4, 0.5) is 9.18 Å². The van der Waals surface area contributed by atoms with Gasteiger partial charge in [0, 0.05) is 32.7 Å². The number of hydrogen-bond donors (Lipinski definition) is 1. The van der Waals surface area contributed by atoms with Crippen LogP contribution in [0.2, 0.25) is 0 Å². The van der Waals surface area contributed by atoms with Gasteiger partial charge in [-0.15, -0.1) is 0 Å². The molecule has 1 aromatic carbocycles. The van der Waals surface area contributed by atoms with E-state index in [1.807, 2.05) is 6.92 Å². The van der Waals surface area contributed by atoms with Crippen molar-refractivity contribution in [3.05, 3.63) is 35.6 Å². The third-order valence-electron chi connectivity index (χ3n) is 5.00. The van der Waals surface area contributed by atoms with Crippen LogP contribution >= 0.6 is 0 Å². The molecule has 2 unspecified atom stereocenters. The lowest BCUT2D eigenvalue weighted by atomic mass is 10.0. The van der Waals surface area contributed by atoms with Crippen LogP contribution < -0.4 is 5.32 Å². The molecular formula is C19H30FN3O2. The Kier molecular flexibility index (Phi) is 7.20. The first-order chi connectivity index (χ1) is 11.9. The Morgan fingerprint density at radius 1 is 1.24 bits per heavy atom. The van der Waals surface area contributed by atoms with Crippen LogP contribution in [0.3, 0.4) is 0 Å². The fourth-order valence-corrected chi connectivity index (χ4v) is 3.15. The monoisotopic (exact) mass is 351 g/mol. The molecule has 5 nitrogen and oxygen atoms in total. The van der Waals surface area contributed by atoms with Crippen molar-refractivity contribution in [2.45, 2.75) is 32.9 Å². The number of carbonyl (C=O) groups is 1. The standard InChI is InChI=1S/C19H30FN3O2/c1-14(2)18(23-9-11-25-12-10-23)13-21-19(24)22(4)15(3)16-5-7-17(20)8-6-16/h5-8,14-15,18H,9-13H2,1-4H3,(H,21,24). The number of nitrogens with zero attached hydrogens (tertiary/aromatic N) is 2. The normalized spacial score (nSPS) is 18.0. The van der Waals surface area contributed by atoms with E-state index in [0.717, 1.165) is 31.9 Å². The number of benzene rings is 1. The van der Waals surface area contributed by atoms with Gasteiger partial charge in [0.2, 0.25) is 0 Å². The summed E-state index contributed by atoms with van der Waals surface area (Å²) in [5.74, 6) is 0.173. The van der Waals surface area contributed by atoms with E-state index in [1.54, 1.807) is 24.1 Å². The third kappa shape index (κ3) is 5.41. The van der Waals surface area contributed by atoms with E-state index in [0.29, 0.717) is 18.5 Å². The number of carbonyl (C=O) groups excluding carboxylic acids is 1. The molecule has 1 aliphatic heterocycles. The summed E-state index contributed by atoms with van der Waals surface area (Å²) in [4.78, 5) is 16.6. The number of amides is 2. The first-order valence-electron chi connectivity index (χ1n) is 8.98. The summed E-state index contributed by atoms with van der Waals surface area (Å²) in [5.41, 5.74) is 0.910. The number of nitrogens with one attached hydrogen (secondary N) is 1. The summed E-state index contributed by atoms with van der Waals surface area (Å²) in [7, 11) is 1.77. The lowest BCUT2D eigenvalue weighted by Gasteiger charge is -2.37. The number of morpholine rings is 1. The highest BCUT2D eigenvalue weighted by molar-refractivity contribution is 5.74. The lowest BCUT2D eigenvalue weighted by Crippen LogP contribution is -2.52. The largest absolute Gasteiger partial charge is 0.379 e. The van der Waals surface area contributed by atoms with Crippen molar-refractivity contribution < 1.29 is 13.9 Å². The molecule has 25 heavy (non-hydrogen) atoms. The molecule has 1 heterocycles. The number of hydrogen-bond acceptors (Lipinski definition) is 3. The molecule has 2 rings (SSSR count). The maximum atomic E-state index is 13.1. The molecule has 1 aliphatic rings. The number of urea groups is 1. The molecule has 1 N–H and O–H groups in total. The van der Waals surface area contributed by atoms with Crippen molar-refractivity contribution in [1.29, 1.82) is 0 Å². The third-order valence-corrected chi connectivity index (χ3v) is 5.00. The van der Waals surface area contributed by atoms with Crippen molar-refractivity contribution >= 4 is 6.03 Å². The summed E-state index contributed by atoms with van der Waals surface area (Å²) in [6.45, 7) is 10.2. The second-order valence-corrected chi connectivity index (χ2v) is 6.98. The Morgan fingerprint density at radius 2 is 1.84 bits per heavy atom. The van der Waals surface area contributed by atoms with E-state index in [9.17, 15) is 9.18 Å². The van der Waals surface area contributed by atoms with Crippen LogP contribution in [-0.2, 0) is 4.74 Å². The summed E-state index contributed by atoms with van der Waals surface area (Å²) in [5, 5.41) is 3.05. The molecule has 0 aliphatic carbocycles. The second-order valence-electron chi connectivity index (χ2n) is 6.98. The van der Waals surface area contributed by atoms with E-state index in [-0.39, 0.29) is 17.9 Å². The highest BCUT2D eigenvalue weighted by atomic mass is 19.1. The molecule has 0 bridgehead atoms. The maximum absolute atomic E-state index is 13.1. The zero-order valence-corrected chi connectivity index (χ0v) is 15.7. The van der Waals surface area contributed by atoms with Crippen LogP contribution in [0.1, 0.15) is 32.4 Å². The number of rotatable bonds is 6. The fourth-order valence-electron chi connectivity index (χ4n) is 3.15. The predicted molar refractivity (Wildman–Crippen MR) is 97.0 cm³/mol. The van der Waals surface area contributed by atoms with Crippen LogP contribution in [0, 0.1) is 11.7 Å². The second kappa shape index (κ2) is 9.15. The Morgan fingerprint density at radius 3 is 2.40 bits per heavy atom. The first kappa shape index (κ1) is 19.7. The quantitative estimate of drug-likeness (QED) is 0.857. The molecule has 2 atom stereocenters. The van der Waals surface area contributed by atoms with E-state index >= 15 is 0 Å². The van der Waals surface area contributed by atoms with Crippen LogP contribution in [0.5, 0.6) is 0 Å². The van der Waals surface area contributed by atoms with Crippen LogP contribution in [0.15, 0.2) is 24.3 Å². The molecule has 140 valence electrons. The van der Waals surface area contributed by atoms with Gasteiger partial charge < -0.3 is 15.0 Å². The van der Waals surface area contributed by atoms with E-state index < -0.39 is 0 Å². The van der Waals surface area contributed by atoms with E-state index in [4.69, 9.17) is 4.74 Å². The molecule has 1 fully saturated rings. The van der Waals surface area contributed by atoms with Crippen molar-refractivity contribution in [3.63, 3.8) is 0 Å². The van der Waals surface area contributed by atoms with Gasteiger partial charge >= 0.3 is 6.03 Å². The minimum atomic E-state index is -0.270. The summed E-state index contributed by atoms with van der Waals surface area (Å²) >= 11 is 0. The lowest BCUT2D eigenvalue weighted by molar-refractivity contribution is 0.00692. The Hall–Kier alpha value is -1.66. The van der Waals surface area contributed by atoms with Crippen LogP contribution in [0.25, 0.3) is 0 Å². The van der Waals surface area contributed by atoms with E-state index in [1.165, 1.54) is 12.1 Å². The Bertz CT molecular complexity index is 544. The number of halogens is 1.